The van der Waals surface area contributed by atoms with E-state index in [-0.39, 0.29) is 37.5 Å². The summed E-state index contributed by atoms with van der Waals surface area (Å²) in [6, 6.07) is 4.96. The second kappa shape index (κ2) is 4.59. The van der Waals surface area contributed by atoms with Crippen molar-refractivity contribution in [2.45, 2.75) is 16.9 Å². The van der Waals surface area contributed by atoms with E-state index >= 15 is 0 Å². The largest absolute Gasteiger partial charge is 0.364 e. The van der Waals surface area contributed by atoms with Crippen LogP contribution in [0.1, 0.15) is 12.0 Å². The van der Waals surface area contributed by atoms with Crippen LogP contribution in [0.2, 0.25) is 0 Å². The van der Waals surface area contributed by atoms with Gasteiger partial charge >= 0.3 is 0 Å². The lowest BCUT2D eigenvalue weighted by atomic mass is 9.93. The highest BCUT2D eigenvalue weighted by molar-refractivity contribution is 7.89. The Morgan fingerprint density at radius 3 is 2.67 bits per heavy atom. The summed E-state index contributed by atoms with van der Waals surface area (Å²) in [7, 11) is -4.03. The van der Waals surface area contributed by atoms with Crippen LogP contribution in [0.3, 0.4) is 0 Å². The van der Waals surface area contributed by atoms with Gasteiger partial charge in [0.2, 0.25) is 10.0 Å². The molecule has 1 aromatic carbocycles. The molecule has 0 saturated carbocycles. The number of carbonyl (C=O) groups is 1. The van der Waals surface area contributed by atoms with Crippen LogP contribution in [0.4, 0.5) is 4.39 Å². The van der Waals surface area contributed by atoms with E-state index in [1.807, 2.05) is 0 Å². The van der Waals surface area contributed by atoms with Gasteiger partial charge in [0.25, 0.3) is 0 Å². The van der Waals surface area contributed by atoms with Gasteiger partial charge in [-0.3, -0.25) is 4.79 Å². The zero-order valence-corrected chi connectivity index (χ0v) is 11.7. The van der Waals surface area contributed by atoms with Gasteiger partial charge in [0.1, 0.15) is 22.9 Å². The highest BCUT2D eigenvalue weighted by Gasteiger charge is 2.53. The molecular weight excluding hydrogens is 299 g/mol. The summed E-state index contributed by atoms with van der Waals surface area (Å²) in [6.45, 7) is 0.0424. The average molecular weight is 310 g/mol. The van der Waals surface area contributed by atoms with Crippen LogP contribution in [0.25, 0.3) is 0 Å². The fraction of sp³-hybridized carbons (Fsp3) is 0.385. The molecule has 110 valence electrons. The topological polar surface area (TPSA) is 87.5 Å². The third-order valence-corrected chi connectivity index (χ3v) is 5.47. The highest BCUT2D eigenvalue weighted by atomic mass is 32.2. The van der Waals surface area contributed by atoms with E-state index in [0.717, 1.165) is 16.4 Å². The lowest BCUT2D eigenvalue weighted by Gasteiger charge is -2.45. The fourth-order valence-corrected chi connectivity index (χ4v) is 4.25. The Hall–Kier alpha value is -1.82. The van der Waals surface area contributed by atoms with Crippen molar-refractivity contribution in [3.05, 3.63) is 29.6 Å². The molecule has 0 amide bonds. The van der Waals surface area contributed by atoms with Crippen molar-refractivity contribution in [3.8, 4) is 6.07 Å². The number of benzene rings is 1. The molecule has 2 aliphatic heterocycles. The number of Topliss-reactive ketones (excluding diaryl/α,β-unsaturated/α-hetero) is 1. The van der Waals surface area contributed by atoms with Crippen LogP contribution in [0.15, 0.2) is 23.1 Å². The maximum atomic E-state index is 13.8. The van der Waals surface area contributed by atoms with Crippen molar-refractivity contribution >= 4 is 15.8 Å². The maximum Gasteiger partial charge on any atom is 0.246 e. The van der Waals surface area contributed by atoms with Crippen molar-refractivity contribution in [1.82, 2.24) is 4.31 Å². The fourth-order valence-electron chi connectivity index (χ4n) is 2.57. The van der Waals surface area contributed by atoms with Crippen molar-refractivity contribution in [3.63, 3.8) is 0 Å². The van der Waals surface area contributed by atoms with Gasteiger partial charge in [0.05, 0.1) is 11.6 Å². The van der Waals surface area contributed by atoms with E-state index in [1.165, 1.54) is 6.07 Å². The van der Waals surface area contributed by atoms with E-state index in [1.54, 1.807) is 6.07 Å². The van der Waals surface area contributed by atoms with Crippen molar-refractivity contribution in [1.29, 1.82) is 5.26 Å². The molecule has 8 heteroatoms. The second-order valence-electron chi connectivity index (χ2n) is 5.22. The van der Waals surface area contributed by atoms with Crippen LogP contribution in [0, 0.1) is 17.1 Å². The number of nitrogens with zero attached hydrogens (tertiary/aromatic N) is 2. The Balaban J connectivity index is 1.87. The third kappa shape index (κ3) is 2.23. The summed E-state index contributed by atoms with van der Waals surface area (Å²) in [6.07, 6.45) is 0.180. The molecule has 2 aliphatic rings. The minimum absolute atomic E-state index is 0.00777. The molecule has 0 bridgehead atoms. The number of sulfonamides is 1. The Kier molecular flexibility index (Phi) is 3.09. The molecule has 3 rings (SSSR count). The molecule has 0 atom stereocenters. The molecule has 0 N–H and O–H groups in total. The summed E-state index contributed by atoms with van der Waals surface area (Å²) in [5, 5.41) is 8.79. The van der Waals surface area contributed by atoms with Gasteiger partial charge in [0.15, 0.2) is 5.78 Å². The van der Waals surface area contributed by atoms with Gasteiger partial charge in [-0.1, -0.05) is 0 Å². The first-order chi connectivity index (χ1) is 9.86. The van der Waals surface area contributed by atoms with E-state index in [4.69, 9.17) is 10.00 Å². The number of nitriles is 1. The molecule has 2 heterocycles. The Morgan fingerprint density at radius 1 is 1.38 bits per heavy atom. The quantitative estimate of drug-likeness (QED) is 0.790. The number of rotatable bonds is 2. The minimum atomic E-state index is -4.03. The van der Waals surface area contributed by atoms with Crippen molar-refractivity contribution < 1.29 is 22.3 Å². The summed E-state index contributed by atoms with van der Waals surface area (Å²) in [4.78, 5) is 10.7. The summed E-state index contributed by atoms with van der Waals surface area (Å²) >= 11 is 0. The van der Waals surface area contributed by atoms with Crippen LogP contribution in [0.5, 0.6) is 0 Å². The van der Waals surface area contributed by atoms with Gasteiger partial charge in [-0.05, 0) is 18.2 Å². The first-order valence-electron chi connectivity index (χ1n) is 6.22. The molecule has 0 aliphatic carbocycles. The molecule has 1 spiro atoms. The average Bonchev–Trinajstić information content (AvgIpc) is 2.80. The van der Waals surface area contributed by atoms with Crippen molar-refractivity contribution in [2.75, 3.05) is 19.7 Å². The lowest BCUT2D eigenvalue weighted by Crippen LogP contribution is -2.63. The van der Waals surface area contributed by atoms with Crippen LogP contribution >= 0.6 is 0 Å². The highest BCUT2D eigenvalue weighted by Crippen LogP contribution is 2.37. The monoisotopic (exact) mass is 310 g/mol. The van der Waals surface area contributed by atoms with E-state index in [0.29, 0.717) is 0 Å². The third-order valence-electron chi connectivity index (χ3n) is 3.67. The Morgan fingerprint density at radius 2 is 2.10 bits per heavy atom. The van der Waals surface area contributed by atoms with Gasteiger partial charge in [-0.2, -0.15) is 9.57 Å². The van der Waals surface area contributed by atoms with E-state index in [2.05, 4.69) is 0 Å². The van der Waals surface area contributed by atoms with Crippen LogP contribution < -0.4 is 0 Å². The van der Waals surface area contributed by atoms with Crippen molar-refractivity contribution in [2.24, 2.45) is 0 Å². The van der Waals surface area contributed by atoms with E-state index in [9.17, 15) is 17.6 Å². The first-order valence-corrected chi connectivity index (χ1v) is 7.66. The second-order valence-corrected chi connectivity index (χ2v) is 7.12. The van der Waals surface area contributed by atoms with Gasteiger partial charge in [-0.15, -0.1) is 0 Å². The van der Waals surface area contributed by atoms with Gasteiger partial charge in [-0.25, -0.2) is 12.8 Å². The number of ether oxygens (including phenoxy) is 1. The Bertz CT molecular complexity index is 763. The smallest absolute Gasteiger partial charge is 0.246 e. The number of hydrogen-bond donors (Lipinski definition) is 0. The number of carbonyl (C=O) groups excluding carboxylic acids is 1. The SMILES string of the molecule is N#Cc1ccc(F)c(S(=O)(=O)N2CC3(CC(=O)CO3)C2)c1. The molecule has 2 saturated heterocycles. The van der Waals surface area contributed by atoms with Gasteiger partial charge < -0.3 is 4.74 Å². The zero-order chi connectivity index (χ0) is 15.3. The summed E-state index contributed by atoms with van der Waals surface area (Å²) in [5.41, 5.74) is -0.689. The standard InChI is InChI=1S/C13H11FN2O4S/c14-11-2-1-9(5-15)3-12(11)21(18,19)16-7-13(8-16)4-10(17)6-20-13/h1-3H,4,6-8H2. The zero-order valence-electron chi connectivity index (χ0n) is 10.9. The summed E-state index contributed by atoms with van der Waals surface area (Å²) < 4.78 is 44.9. The molecule has 0 radical (unpaired) electrons. The Labute approximate surface area is 120 Å². The molecular formula is C13H11FN2O4S. The minimum Gasteiger partial charge on any atom is -0.364 e. The van der Waals surface area contributed by atoms with Gasteiger partial charge in [0, 0.05) is 19.5 Å². The predicted molar refractivity (Wildman–Crippen MR) is 68.2 cm³/mol. The van der Waals surface area contributed by atoms with E-state index < -0.39 is 26.3 Å². The maximum absolute atomic E-state index is 13.8. The molecule has 21 heavy (non-hydrogen) atoms. The molecule has 6 nitrogen and oxygen atoms in total. The predicted octanol–water partition coefficient (Wildman–Crippen LogP) is 0.430. The normalized spacial score (nSPS) is 21.2. The molecule has 0 aromatic heterocycles. The van der Waals surface area contributed by atoms with Crippen LogP contribution in [-0.2, 0) is 19.6 Å². The lowest BCUT2D eigenvalue weighted by molar-refractivity contribution is -0.118. The number of halogens is 1. The number of hydrogen-bond acceptors (Lipinski definition) is 5. The first kappa shape index (κ1) is 14.1. The molecule has 0 unspecified atom stereocenters. The molecule has 2 fully saturated rings. The van der Waals surface area contributed by atoms with Crippen LogP contribution in [-0.4, -0.2) is 43.8 Å². The summed E-state index contributed by atoms with van der Waals surface area (Å²) in [5.74, 6) is -0.969. The molecule has 1 aromatic rings. The number of ketones is 1.